The summed E-state index contributed by atoms with van der Waals surface area (Å²) in [6, 6.07) is 16.9. The molecule has 2 aromatic carbocycles. The lowest BCUT2D eigenvalue weighted by Gasteiger charge is -2.28. The number of aryl methyl sites for hydroxylation is 1. The molecule has 3 aromatic rings. The molecule has 0 aliphatic carbocycles. The molecule has 3 amide bonds. The Kier molecular flexibility index (Phi) is 8.66. The van der Waals surface area contributed by atoms with Crippen molar-refractivity contribution >= 4 is 29.0 Å². The second kappa shape index (κ2) is 12.3. The van der Waals surface area contributed by atoms with Crippen molar-refractivity contribution in [3.63, 3.8) is 0 Å². The summed E-state index contributed by atoms with van der Waals surface area (Å²) in [6.07, 6.45) is 6.70. The maximum absolute atomic E-state index is 13.6. The minimum absolute atomic E-state index is 0.00246. The first-order chi connectivity index (χ1) is 17.6. The number of carbonyl (C=O) groups excluding carboxylic acids is 2. The average Bonchev–Trinajstić information content (AvgIpc) is 3.61. The highest BCUT2D eigenvalue weighted by Gasteiger charge is 2.25. The zero-order chi connectivity index (χ0) is 25.3. The largest absolute Gasteiger partial charge is 0.467 e. The minimum atomic E-state index is -0.343. The highest BCUT2D eigenvalue weighted by atomic mass is 16.3. The number of carbonyl (C=O) groups is 2. The molecule has 2 heterocycles. The quantitative estimate of drug-likeness (QED) is 0.340. The molecule has 7 heteroatoms. The molecular formula is C29H36N4O3. The van der Waals surface area contributed by atoms with Gasteiger partial charge in [-0.15, -0.1) is 0 Å². The van der Waals surface area contributed by atoms with Gasteiger partial charge in [0.2, 0.25) is 0 Å². The summed E-state index contributed by atoms with van der Waals surface area (Å²) in [6.45, 7) is 7.15. The fourth-order valence-corrected chi connectivity index (χ4v) is 4.49. The van der Waals surface area contributed by atoms with Crippen LogP contribution < -0.4 is 15.5 Å². The van der Waals surface area contributed by atoms with Gasteiger partial charge in [-0.25, -0.2) is 4.79 Å². The SMILES string of the molecule is CCCCN(Cc1ccco1)c1ccc(NC(=O)Nc2ccc(CC)cc2)cc1C(=O)N1CCCC1. The van der Waals surface area contributed by atoms with Crippen LogP contribution in [-0.2, 0) is 13.0 Å². The van der Waals surface area contributed by atoms with Gasteiger partial charge < -0.3 is 24.9 Å². The van der Waals surface area contributed by atoms with Crippen LogP contribution in [0.3, 0.4) is 0 Å². The fraction of sp³-hybridized carbons (Fsp3) is 0.379. The third-order valence-electron chi connectivity index (χ3n) is 6.55. The molecule has 1 fully saturated rings. The van der Waals surface area contributed by atoms with E-state index in [1.807, 2.05) is 53.4 Å². The minimum Gasteiger partial charge on any atom is -0.467 e. The second-order valence-electron chi connectivity index (χ2n) is 9.22. The summed E-state index contributed by atoms with van der Waals surface area (Å²) in [7, 11) is 0. The molecule has 190 valence electrons. The third kappa shape index (κ3) is 6.47. The Bertz CT molecular complexity index is 1140. The van der Waals surface area contributed by atoms with Crippen molar-refractivity contribution in [3.8, 4) is 0 Å². The number of urea groups is 1. The predicted molar refractivity (Wildman–Crippen MR) is 145 cm³/mol. The van der Waals surface area contributed by atoms with Crippen molar-refractivity contribution in [2.24, 2.45) is 0 Å². The Hall–Kier alpha value is -3.74. The first kappa shape index (κ1) is 25.4. The molecule has 0 spiro atoms. The molecular weight excluding hydrogens is 452 g/mol. The summed E-state index contributed by atoms with van der Waals surface area (Å²) >= 11 is 0. The molecule has 0 unspecified atom stereocenters. The van der Waals surface area contributed by atoms with Gasteiger partial charge in [0.15, 0.2) is 0 Å². The van der Waals surface area contributed by atoms with Crippen molar-refractivity contribution in [1.29, 1.82) is 0 Å². The monoisotopic (exact) mass is 488 g/mol. The number of benzene rings is 2. The van der Waals surface area contributed by atoms with Gasteiger partial charge in [-0.05, 0) is 73.7 Å². The Morgan fingerprint density at radius 2 is 1.69 bits per heavy atom. The number of likely N-dealkylation sites (tertiary alicyclic amines) is 1. The lowest BCUT2D eigenvalue weighted by Crippen LogP contribution is -2.31. The molecule has 0 atom stereocenters. The smallest absolute Gasteiger partial charge is 0.323 e. The molecule has 0 radical (unpaired) electrons. The maximum atomic E-state index is 13.6. The number of nitrogens with one attached hydrogen (secondary N) is 2. The van der Waals surface area contributed by atoms with Crippen molar-refractivity contribution in [2.75, 3.05) is 35.2 Å². The van der Waals surface area contributed by atoms with Crippen LogP contribution in [0.1, 0.15) is 61.2 Å². The highest BCUT2D eigenvalue weighted by molar-refractivity contribution is 6.04. The third-order valence-corrected chi connectivity index (χ3v) is 6.55. The standard InChI is InChI=1S/C29H36N4O3/c1-3-5-16-33(21-25-9-8-19-36-25)27-15-14-24(20-26(27)28(34)32-17-6-7-18-32)31-29(35)30-23-12-10-22(4-2)11-13-23/h8-15,19-20H,3-7,16-18,21H2,1-2H3,(H2,30,31,35). The van der Waals surface area contributed by atoms with Gasteiger partial charge in [0.05, 0.1) is 24.1 Å². The first-order valence-electron chi connectivity index (χ1n) is 12.9. The predicted octanol–water partition coefficient (Wildman–Crippen LogP) is 6.53. The zero-order valence-electron chi connectivity index (χ0n) is 21.3. The van der Waals surface area contributed by atoms with Crippen LogP contribution in [0.4, 0.5) is 21.9 Å². The van der Waals surface area contributed by atoms with E-state index in [2.05, 4.69) is 29.4 Å². The molecule has 1 aliphatic heterocycles. The Morgan fingerprint density at radius 1 is 0.972 bits per heavy atom. The van der Waals surface area contributed by atoms with Gasteiger partial charge in [0.25, 0.3) is 5.91 Å². The number of hydrogen-bond donors (Lipinski definition) is 2. The van der Waals surface area contributed by atoms with E-state index in [0.29, 0.717) is 17.8 Å². The molecule has 0 saturated carbocycles. The van der Waals surface area contributed by atoms with E-state index in [1.165, 1.54) is 5.56 Å². The molecule has 36 heavy (non-hydrogen) atoms. The summed E-state index contributed by atoms with van der Waals surface area (Å²) < 4.78 is 5.61. The summed E-state index contributed by atoms with van der Waals surface area (Å²) in [4.78, 5) is 30.4. The lowest BCUT2D eigenvalue weighted by atomic mass is 10.1. The number of anilines is 3. The Morgan fingerprint density at radius 3 is 2.36 bits per heavy atom. The second-order valence-corrected chi connectivity index (χ2v) is 9.22. The van der Waals surface area contributed by atoms with Crippen molar-refractivity contribution < 1.29 is 14.0 Å². The van der Waals surface area contributed by atoms with E-state index < -0.39 is 0 Å². The van der Waals surface area contributed by atoms with E-state index in [0.717, 1.165) is 68.9 Å². The van der Waals surface area contributed by atoms with Gasteiger partial charge in [0.1, 0.15) is 5.76 Å². The van der Waals surface area contributed by atoms with Crippen molar-refractivity contribution in [2.45, 2.75) is 52.5 Å². The van der Waals surface area contributed by atoms with Crippen LogP contribution in [0, 0.1) is 0 Å². The fourth-order valence-electron chi connectivity index (χ4n) is 4.49. The number of furan rings is 1. The van der Waals surface area contributed by atoms with Gasteiger partial charge in [-0.1, -0.05) is 32.4 Å². The van der Waals surface area contributed by atoms with Crippen LogP contribution in [0.15, 0.2) is 65.3 Å². The summed E-state index contributed by atoms with van der Waals surface area (Å²) in [5.74, 6) is 0.851. The topological polar surface area (TPSA) is 77.8 Å². The normalized spacial score (nSPS) is 13.0. The lowest BCUT2D eigenvalue weighted by molar-refractivity contribution is 0.0793. The van der Waals surface area contributed by atoms with Crippen LogP contribution in [-0.4, -0.2) is 36.5 Å². The number of hydrogen-bond acceptors (Lipinski definition) is 4. The molecule has 7 nitrogen and oxygen atoms in total. The Balaban J connectivity index is 1.58. The van der Waals surface area contributed by atoms with Crippen molar-refractivity contribution in [1.82, 2.24) is 4.90 Å². The zero-order valence-corrected chi connectivity index (χ0v) is 21.3. The van der Waals surface area contributed by atoms with Gasteiger partial charge >= 0.3 is 6.03 Å². The van der Waals surface area contributed by atoms with E-state index in [9.17, 15) is 9.59 Å². The molecule has 4 rings (SSSR count). The maximum Gasteiger partial charge on any atom is 0.323 e. The number of rotatable bonds is 10. The van der Waals surface area contributed by atoms with Gasteiger partial charge in [-0.2, -0.15) is 0 Å². The first-order valence-corrected chi connectivity index (χ1v) is 12.9. The van der Waals surface area contributed by atoms with E-state index in [1.54, 1.807) is 12.3 Å². The summed E-state index contributed by atoms with van der Waals surface area (Å²) in [5.41, 5.74) is 3.97. The number of nitrogens with zero attached hydrogens (tertiary/aromatic N) is 2. The van der Waals surface area contributed by atoms with E-state index in [4.69, 9.17) is 4.42 Å². The van der Waals surface area contributed by atoms with Crippen LogP contribution in [0.25, 0.3) is 0 Å². The van der Waals surface area contributed by atoms with Crippen LogP contribution in [0.5, 0.6) is 0 Å². The average molecular weight is 489 g/mol. The Labute approximate surface area is 213 Å². The molecule has 2 N–H and O–H groups in total. The van der Waals surface area contributed by atoms with E-state index in [-0.39, 0.29) is 11.9 Å². The molecule has 1 aliphatic rings. The van der Waals surface area contributed by atoms with Gasteiger partial charge in [0, 0.05) is 31.0 Å². The number of amides is 3. The number of unbranched alkanes of at least 4 members (excludes halogenated alkanes) is 1. The molecule has 1 saturated heterocycles. The highest BCUT2D eigenvalue weighted by Crippen LogP contribution is 2.29. The van der Waals surface area contributed by atoms with Crippen LogP contribution in [0.2, 0.25) is 0 Å². The molecule has 0 bridgehead atoms. The van der Waals surface area contributed by atoms with E-state index >= 15 is 0 Å². The molecule has 1 aromatic heterocycles. The summed E-state index contributed by atoms with van der Waals surface area (Å²) in [5, 5.41) is 5.77. The van der Waals surface area contributed by atoms with Crippen LogP contribution >= 0.6 is 0 Å². The van der Waals surface area contributed by atoms with Gasteiger partial charge in [-0.3, -0.25) is 4.79 Å². The van der Waals surface area contributed by atoms with Crippen molar-refractivity contribution in [3.05, 3.63) is 77.7 Å².